The first-order valence-corrected chi connectivity index (χ1v) is 6.77. The van der Waals surface area contributed by atoms with Crippen molar-refractivity contribution in [1.82, 2.24) is 9.80 Å². The molecule has 2 amide bonds. The van der Waals surface area contributed by atoms with E-state index in [0.717, 1.165) is 13.0 Å². The molecule has 0 radical (unpaired) electrons. The van der Waals surface area contributed by atoms with E-state index in [4.69, 9.17) is 0 Å². The van der Waals surface area contributed by atoms with Gasteiger partial charge in [-0.2, -0.15) is 0 Å². The molecule has 102 valence electrons. The molecule has 1 atom stereocenters. The normalized spacial score (nSPS) is 27.3. The summed E-state index contributed by atoms with van der Waals surface area (Å²) in [6.45, 7) is 3.17. The van der Waals surface area contributed by atoms with Crippen molar-refractivity contribution >= 4 is 12.0 Å². The molecule has 0 spiro atoms. The maximum atomic E-state index is 12.4. The smallest absolute Gasteiger partial charge is 0.329 e. The van der Waals surface area contributed by atoms with Crippen LogP contribution in [0.25, 0.3) is 0 Å². The third kappa shape index (κ3) is 2.18. The highest BCUT2D eigenvalue weighted by atomic mass is 16.4. The third-order valence-electron chi connectivity index (χ3n) is 4.26. The summed E-state index contributed by atoms with van der Waals surface area (Å²) in [6.07, 6.45) is 4.21. The van der Waals surface area contributed by atoms with Gasteiger partial charge >= 0.3 is 12.0 Å². The first-order chi connectivity index (χ1) is 8.51. The molecule has 0 aromatic heterocycles. The van der Waals surface area contributed by atoms with Gasteiger partial charge in [-0.05, 0) is 38.0 Å². The van der Waals surface area contributed by atoms with Crippen LogP contribution in [0.1, 0.15) is 39.0 Å². The van der Waals surface area contributed by atoms with Gasteiger partial charge in [0.15, 0.2) is 0 Å². The summed E-state index contributed by atoms with van der Waals surface area (Å²) >= 11 is 0. The summed E-state index contributed by atoms with van der Waals surface area (Å²) in [6, 6.07) is -0.122. The van der Waals surface area contributed by atoms with Gasteiger partial charge in [-0.15, -0.1) is 0 Å². The molecule has 1 aliphatic carbocycles. The highest BCUT2D eigenvalue weighted by Crippen LogP contribution is 2.35. The van der Waals surface area contributed by atoms with Crippen molar-refractivity contribution in [3.05, 3.63) is 0 Å². The van der Waals surface area contributed by atoms with E-state index in [2.05, 4.69) is 0 Å². The van der Waals surface area contributed by atoms with Crippen molar-refractivity contribution in [3.63, 3.8) is 0 Å². The summed E-state index contributed by atoms with van der Waals surface area (Å²) in [5, 5.41) is 9.45. The van der Waals surface area contributed by atoms with Gasteiger partial charge in [-0.1, -0.05) is 6.92 Å². The highest BCUT2D eigenvalue weighted by molar-refractivity contribution is 5.87. The summed E-state index contributed by atoms with van der Waals surface area (Å²) in [4.78, 5) is 27.1. The Bertz CT molecular complexity index is 354. The molecule has 1 saturated carbocycles. The fourth-order valence-corrected chi connectivity index (χ4v) is 2.87. The fraction of sp³-hybridized carbons (Fsp3) is 0.846. The topological polar surface area (TPSA) is 60.9 Å². The number of nitrogens with zero attached hydrogens (tertiary/aromatic N) is 2. The van der Waals surface area contributed by atoms with Crippen molar-refractivity contribution in [3.8, 4) is 0 Å². The van der Waals surface area contributed by atoms with Gasteiger partial charge in [0.05, 0.1) is 0 Å². The number of urea groups is 1. The minimum atomic E-state index is -0.977. The molecule has 2 fully saturated rings. The Balaban J connectivity index is 2.09. The average Bonchev–Trinajstić information content (AvgIpc) is 3.04. The Hall–Kier alpha value is -1.26. The van der Waals surface area contributed by atoms with Gasteiger partial charge in [-0.25, -0.2) is 9.59 Å². The predicted octanol–water partition coefficient (Wildman–Crippen LogP) is 1.78. The Morgan fingerprint density at radius 3 is 2.61 bits per heavy atom. The quantitative estimate of drug-likeness (QED) is 0.831. The molecule has 1 saturated heterocycles. The SMILES string of the molecule is CCC1(C(=O)O)CCCN1C(=O)N(C)CC1CC1. The van der Waals surface area contributed by atoms with Gasteiger partial charge in [0.25, 0.3) is 0 Å². The second-order valence-electron chi connectivity index (χ2n) is 5.55. The fourth-order valence-electron chi connectivity index (χ4n) is 2.87. The molecule has 2 aliphatic rings. The lowest BCUT2D eigenvalue weighted by atomic mass is 9.93. The molecule has 5 heteroatoms. The maximum absolute atomic E-state index is 12.4. The molecule has 1 unspecified atom stereocenters. The number of hydrogen-bond donors (Lipinski definition) is 1. The van der Waals surface area contributed by atoms with E-state index in [9.17, 15) is 14.7 Å². The maximum Gasteiger partial charge on any atom is 0.329 e. The minimum absolute atomic E-state index is 0.122. The molecular weight excluding hydrogens is 232 g/mol. The molecule has 5 nitrogen and oxygen atoms in total. The standard InChI is InChI=1S/C13H22N2O3/c1-3-13(11(16)17)7-4-8-15(13)12(18)14(2)9-10-5-6-10/h10H,3-9H2,1-2H3,(H,16,17). The minimum Gasteiger partial charge on any atom is -0.479 e. The van der Waals surface area contributed by atoms with Gasteiger partial charge in [-0.3, -0.25) is 0 Å². The molecule has 0 aromatic rings. The number of carboxylic acids is 1. The van der Waals surface area contributed by atoms with Crippen molar-refractivity contribution in [2.75, 3.05) is 20.1 Å². The van der Waals surface area contributed by atoms with E-state index in [1.165, 1.54) is 12.8 Å². The van der Waals surface area contributed by atoms with E-state index >= 15 is 0 Å². The highest BCUT2D eigenvalue weighted by Gasteiger charge is 2.49. The number of aliphatic carboxylic acids is 1. The number of carbonyl (C=O) groups is 2. The largest absolute Gasteiger partial charge is 0.479 e. The summed E-state index contributed by atoms with van der Waals surface area (Å²) < 4.78 is 0. The molecule has 0 aromatic carbocycles. The van der Waals surface area contributed by atoms with Crippen LogP contribution in [0.2, 0.25) is 0 Å². The molecule has 1 aliphatic heterocycles. The average molecular weight is 254 g/mol. The van der Waals surface area contributed by atoms with E-state index in [-0.39, 0.29) is 6.03 Å². The number of carboxylic acid groups (broad SMARTS) is 1. The van der Waals surface area contributed by atoms with E-state index in [1.807, 2.05) is 6.92 Å². The van der Waals surface area contributed by atoms with Crippen molar-refractivity contribution in [2.24, 2.45) is 5.92 Å². The lowest BCUT2D eigenvalue weighted by Gasteiger charge is -2.36. The Morgan fingerprint density at radius 2 is 2.11 bits per heavy atom. The summed E-state index contributed by atoms with van der Waals surface area (Å²) in [5.41, 5.74) is -0.977. The zero-order chi connectivity index (χ0) is 13.3. The second kappa shape index (κ2) is 4.78. The number of rotatable bonds is 4. The summed E-state index contributed by atoms with van der Waals surface area (Å²) in [7, 11) is 1.78. The Morgan fingerprint density at radius 1 is 1.44 bits per heavy atom. The number of amides is 2. The lowest BCUT2D eigenvalue weighted by molar-refractivity contribution is -0.148. The number of hydrogen-bond acceptors (Lipinski definition) is 2. The second-order valence-corrected chi connectivity index (χ2v) is 5.55. The molecule has 0 bridgehead atoms. The summed E-state index contributed by atoms with van der Waals surface area (Å²) in [5.74, 6) is -0.238. The predicted molar refractivity (Wildman–Crippen MR) is 67.3 cm³/mol. The molecule has 2 rings (SSSR count). The molecular formula is C13H22N2O3. The van der Waals surface area contributed by atoms with Crippen molar-refractivity contribution in [2.45, 2.75) is 44.6 Å². The molecule has 1 heterocycles. The molecule has 18 heavy (non-hydrogen) atoms. The van der Waals surface area contributed by atoms with Crippen LogP contribution in [0, 0.1) is 5.92 Å². The monoisotopic (exact) mass is 254 g/mol. The first-order valence-electron chi connectivity index (χ1n) is 6.77. The number of likely N-dealkylation sites (tertiary alicyclic amines) is 1. The van der Waals surface area contributed by atoms with Crippen LogP contribution in [0.3, 0.4) is 0 Å². The van der Waals surface area contributed by atoms with Crippen LogP contribution in [-0.2, 0) is 4.79 Å². The third-order valence-corrected chi connectivity index (χ3v) is 4.26. The zero-order valence-corrected chi connectivity index (χ0v) is 11.2. The zero-order valence-electron chi connectivity index (χ0n) is 11.2. The Labute approximate surface area is 108 Å². The van der Waals surface area contributed by atoms with Crippen LogP contribution in [0.4, 0.5) is 4.79 Å². The van der Waals surface area contributed by atoms with E-state index in [0.29, 0.717) is 25.3 Å². The van der Waals surface area contributed by atoms with Crippen LogP contribution < -0.4 is 0 Å². The lowest BCUT2D eigenvalue weighted by Crippen LogP contribution is -2.56. The van der Waals surface area contributed by atoms with Gasteiger partial charge in [0.2, 0.25) is 0 Å². The van der Waals surface area contributed by atoms with Crippen LogP contribution in [-0.4, -0.2) is 52.6 Å². The van der Waals surface area contributed by atoms with Gasteiger partial charge in [0, 0.05) is 20.1 Å². The van der Waals surface area contributed by atoms with Crippen LogP contribution in [0.15, 0.2) is 0 Å². The van der Waals surface area contributed by atoms with Crippen LogP contribution >= 0.6 is 0 Å². The number of carbonyl (C=O) groups excluding carboxylic acids is 1. The van der Waals surface area contributed by atoms with Gasteiger partial charge < -0.3 is 14.9 Å². The van der Waals surface area contributed by atoms with E-state index < -0.39 is 11.5 Å². The van der Waals surface area contributed by atoms with Crippen LogP contribution in [0.5, 0.6) is 0 Å². The molecule has 1 N–H and O–H groups in total. The Kier molecular flexibility index (Phi) is 3.50. The van der Waals surface area contributed by atoms with Crippen molar-refractivity contribution in [1.29, 1.82) is 0 Å². The van der Waals surface area contributed by atoms with E-state index in [1.54, 1.807) is 16.8 Å². The van der Waals surface area contributed by atoms with Gasteiger partial charge in [0.1, 0.15) is 5.54 Å². The van der Waals surface area contributed by atoms with Crippen molar-refractivity contribution < 1.29 is 14.7 Å². The first kappa shape index (κ1) is 13.2.